The fourth-order valence-electron chi connectivity index (χ4n) is 3.31. The van der Waals surface area contributed by atoms with Crippen LogP contribution in [0.25, 0.3) is 31.7 Å². The van der Waals surface area contributed by atoms with E-state index in [0.29, 0.717) is 16.6 Å². The minimum absolute atomic E-state index is 0.213. The zero-order chi connectivity index (χ0) is 21.4. The number of aryl methyl sites for hydroxylation is 1. The number of hydrogen-bond acceptors (Lipinski definition) is 6. The van der Waals surface area contributed by atoms with Crippen molar-refractivity contribution in [1.82, 2.24) is 20.0 Å². The molecule has 152 valence electrons. The Hall–Kier alpha value is -3.91. The van der Waals surface area contributed by atoms with Gasteiger partial charge in [0.15, 0.2) is 0 Å². The minimum atomic E-state index is -0.352. The van der Waals surface area contributed by atoms with Gasteiger partial charge in [0.05, 0.1) is 15.6 Å². The van der Waals surface area contributed by atoms with Crippen LogP contribution in [-0.2, 0) is 11.3 Å². The highest BCUT2D eigenvalue weighted by Gasteiger charge is 2.11. The van der Waals surface area contributed by atoms with Gasteiger partial charge < -0.3 is 5.32 Å². The van der Waals surface area contributed by atoms with E-state index in [1.54, 1.807) is 35.6 Å². The highest BCUT2D eigenvalue weighted by Crippen LogP contribution is 2.31. The van der Waals surface area contributed by atoms with Crippen molar-refractivity contribution in [2.45, 2.75) is 13.5 Å². The van der Waals surface area contributed by atoms with E-state index < -0.39 is 0 Å². The van der Waals surface area contributed by atoms with Gasteiger partial charge in [-0.15, -0.1) is 16.4 Å². The van der Waals surface area contributed by atoms with Gasteiger partial charge in [-0.2, -0.15) is 0 Å². The topological polar surface area (TPSA) is 89.8 Å². The highest BCUT2D eigenvalue weighted by molar-refractivity contribution is 7.21. The van der Waals surface area contributed by atoms with E-state index in [9.17, 15) is 9.59 Å². The number of carbonyl (C=O) groups is 1. The molecule has 0 unspecified atom stereocenters. The first-order valence-electron chi connectivity index (χ1n) is 9.67. The Morgan fingerprint density at radius 1 is 1.03 bits per heavy atom. The first-order chi connectivity index (χ1) is 15.1. The Labute approximate surface area is 181 Å². The van der Waals surface area contributed by atoms with Gasteiger partial charge in [-0.1, -0.05) is 23.4 Å². The van der Waals surface area contributed by atoms with E-state index in [4.69, 9.17) is 0 Å². The van der Waals surface area contributed by atoms with E-state index in [2.05, 4.69) is 39.7 Å². The molecule has 0 aliphatic heterocycles. The summed E-state index contributed by atoms with van der Waals surface area (Å²) in [7, 11) is 0. The molecule has 0 radical (unpaired) electrons. The Kier molecular flexibility index (Phi) is 4.76. The molecule has 0 spiro atoms. The molecule has 0 fully saturated rings. The van der Waals surface area contributed by atoms with Crippen LogP contribution in [0.1, 0.15) is 5.56 Å². The molecule has 5 aromatic rings. The van der Waals surface area contributed by atoms with Crippen molar-refractivity contribution in [3.05, 3.63) is 82.6 Å². The summed E-state index contributed by atoms with van der Waals surface area (Å²) in [5.74, 6) is -0.352. The molecular weight excluding hydrogens is 410 g/mol. The van der Waals surface area contributed by atoms with E-state index in [-0.39, 0.29) is 18.0 Å². The number of carbonyl (C=O) groups excluding carboxylic acids is 1. The molecule has 8 heteroatoms. The van der Waals surface area contributed by atoms with Gasteiger partial charge >= 0.3 is 0 Å². The molecule has 0 atom stereocenters. The lowest BCUT2D eigenvalue weighted by Gasteiger charge is -2.07. The second-order valence-electron chi connectivity index (χ2n) is 7.19. The number of thiazole rings is 1. The lowest BCUT2D eigenvalue weighted by atomic mass is 10.2. The zero-order valence-electron chi connectivity index (χ0n) is 16.6. The highest BCUT2D eigenvalue weighted by atomic mass is 32.1. The maximum absolute atomic E-state index is 12.5. The smallest absolute Gasteiger partial charge is 0.278 e. The molecule has 0 bridgehead atoms. The van der Waals surface area contributed by atoms with Crippen LogP contribution in [0.2, 0.25) is 0 Å². The number of nitrogens with one attached hydrogen (secondary N) is 1. The largest absolute Gasteiger partial charge is 0.324 e. The average molecular weight is 427 g/mol. The molecule has 3 aromatic carbocycles. The predicted octanol–water partition coefficient (Wildman–Crippen LogP) is 4.02. The lowest BCUT2D eigenvalue weighted by molar-refractivity contribution is -0.117. The van der Waals surface area contributed by atoms with Crippen LogP contribution in [-0.4, -0.2) is 25.9 Å². The molecule has 0 aliphatic carbocycles. The van der Waals surface area contributed by atoms with Gasteiger partial charge in [0.25, 0.3) is 5.56 Å². The summed E-state index contributed by atoms with van der Waals surface area (Å²) in [4.78, 5) is 29.6. The Morgan fingerprint density at radius 2 is 1.84 bits per heavy atom. The summed E-state index contributed by atoms with van der Waals surface area (Å²) in [6.45, 7) is 1.85. The number of aromatic nitrogens is 4. The molecule has 2 aromatic heterocycles. The molecule has 1 amide bonds. The Balaban J connectivity index is 1.32. The van der Waals surface area contributed by atoms with Crippen molar-refractivity contribution in [2.75, 3.05) is 5.32 Å². The number of nitrogens with zero attached hydrogens (tertiary/aromatic N) is 4. The minimum Gasteiger partial charge on any atom is -0.324 e. The normalized spacial score (nSPS) is 11.1. The van der Waals surface area contributed by atoms with Gasteiger partial charge in [0, 0.05) is 11.3 Å². The maximum Gasteiger partial charge on any atom is 0.278 e. The second kappa shape index (κ2) is 7.73. The van der Waals surface area contributed by atoms with Crippen molar-refractivity contribution in [1.29, 1.82) is 0 Å². The maximum atomic E-state index is 12.5. The van der Waals surface area contributed by atoms with Crippen molar-refractivity contribution >= 4 is 44.1 Å². The summed E-state index contributed by atoms with van der Waals surface area (Å²) in [5.41, 5.74) is 3.95. The van der Waals surface area contributed by atoms with Crippen LogP contribution in [0.3, 0.4) is 0 Å². The van der Waals surface area contributed by atoms with Crippen LogP contribution in [0.15, 0.2) is 71.5 Å². The molecule has 0 aliphatic rings. The fraction of sp³-hybridized carbons (Fsp3) is 0.0870. The summed E-state index contributed by atoms with van der Waals surface area (Å²) in [6.07, 6.45) is 0. The van der Waals surface area contributed by atoms with Crippen LogP contribution < -0.4 is 10.9 Å². The van der Waals surface area contributed by atoms with E-state index in [1.165, 1.54) is 5.56 Å². The van der Waals surface area contributed by atoms with Crippen molar-refractivity contribution in [3.63, 3.8) is 0 Å². The molecular formula is C23H17N5O2S. The van der Waals surface area contributed by atoms with Crippen molar-refractivity contribution in [2.24, 2.45) is 0 Å². The van der Waals surface area contributed by atoms with Crippen molar-refractivity contribution in [3.8, 4) is 10.6 Å². The molecule has 0 saturated carbocycles. The molecule has 31 heavy (non-hydrogen) atoms. The molecule has 7 nitrogen and oxygen atoms in total. The predicted molar refractivity (Wildman–Crippen MR) is 122 cm³/mol. The second-order valence-corrected chi connectivity index (χ2v) is 8.22. The van der Waals surface area contributed by atoms with Crippen LogP contribution in [0, 0.1) is 6.92 Å². The van der Waals surface area contributed by atoms with Gasteiger partial charge in [-0.25, -0.2) is 9.67 Å². The summed E-state index contributed by atoms with van der Waals surface area (Å²) in [5, 5.41) is 12.0. The van der Waals surface area contributed by atoms with Gasteiger partial charge in [-0.05, 0) is 61.0 Å². The van der Waals surface area contributed by atoms with E-state index >= 15 is 0 Å². The van der Waals surface area contributed by atoms with Crippen LogP contribution >= 0.6 is 11.3 Å². The third kappa shape index (κ3) is 3.80. The third-order valence-corrected chi connectivity index (χ3v) is 5.95. The Bertz CT molecular complexity index is 1490. The number of hydrogen-bond donors (Lipinski definition) is 1. The Morgan fingerprint density at radius 3 is 2.68 bits per heavy atom. The zero-order valence-corrected chi connectivity index (χ0v) is 17.4. The summed E-state index contributed by atoms with van der Waals surface area (Å²) >= 11 is 1.64. The fourth-order valence-corrected chi connectivity index (χ4v) is 4.38. The van der Waals surface area contributed by atoms with Gasteiger partial charge in [0.2, 0.25) is 5.91 Å². The first-order valence-corrected chi connectivity index (χ1v) is 10.5. The number of amides is 1. The van der Waals surface area contributed by atoms with Gasteiger partial charge in [0.1, 0.15) is 17.1 Å². The SMILES string of the molecule is Cc1ccc2nc(-c3ccc(NC(=O)Cn4nnc5ccccc5c4=O)cc3)sc2c1. The average Bonchev–Trinajstić information content (AvgIpc) is 3.19. The monoisotopic (exact) mass is 427 g/mol. The number of rotatable bonds is 4. The summed E-state index contributed by atoms with van der Waals surface area (Å²) in [6, 6.07) is 20.6. The molecule has 5 rings (SSSR count). The number of anilines is 1. The van der Waals surface area contributed by atoms with E-state index in [0.717, 1.165) is 25.5 Å². The number of benzene rings is 3. The van der Waals surface area contributed by atoms with E-state index in [1.807, 2.05) is 30.3 Å². The van der Waals surface area contributed by atoms with Crippen LogP contribution in [0.5, 0.6) is 0 Å². The quantitative estimate of drug-likeness (QED) is 0.468. The summed E-state index contributed by atoms with van der Waals surface area (Å²) < 4.78 is 2.21. The van der Waals surface area contributed by atoms with Crippen molar-refractivity contribution < 1.29 is 4.79 Å². The molecule has 1 N–H and O–H groups in total. The molecule has 0 saturated heterocycles. The van der Waals surface area contributed by atoms with Gasteiger partial charge in [-0.3, -0.25) is 9.59 Å². The third-order valence-electron chi connectivity index (χ3n) is 4.88. The first kappa shape index (κ1) is 19.1. The standard InChI is InChI=1S/C23H17N5O2S/c1-14-6-11-19-20(12-14)31-22(25-19)15-7-9-16(10-8-15)24-21(29)13-28-23(30)17-4-2-3-5-18(17)26-27-28/h2-12H,13H2,1H3,(H,24,29). The number of fused-ring (bicyclic) bond motifs is 2. The van der Waals surface area contributed by atoms with Crippen LogP contribution in [0.4, 0.5) is 5.69 Å². The lowest BCUT2D eigenvalue weighted by Crippen LogP contribution is -2.30. The molecule has 2 heterocycles.